The number of nitrogens with two attached hydrogens (primary N) is 1. The quantitative estimate of drug-likeness (QED) is 0.520. The number of pyridine rings is 1. The van der Waals surface area contributed by atoms with Gasteiger partial charge < -0.3 is 16.0 Å². The van der Waals surface area contributed by atoms with Crippen LogP contribution in [-0.2, 0) is 11.3 Å². The number of fused-ring (bicyclic) bond motifs is 1. The molecular formula is C27H25N5O4. The number of aromatic nitrogens is 1. The van der Waals surface area contributed by atoms with Crippen LogP contribution in [0.1, 0.15) is 49.5 Å². The molecule has 0 bridgehead atoms. The lowest BCUT2D eigenvalue weighted by Crippen LogP contribution is -2.41. The molecule has 3 heterocycles. The molecule has 3 aromatic rings. The molecule has 1 aromatic heterocycles. The van der Waals surface area contributed by atoms with Gasteiger partial charge in [0, 0.05) is 18.7 Å². The Hall–Kier alpha value is -4.53. The van der Waals surface area contributed by atoms with Gasteiger partial charge in [0.1, 0.15) is 5.82 Å². The minimum absolute atomic E-state index is 0.171. The minimum Gasteiger partial charge on any atom is -0.369 e. The van der Waals surface area contributed by atoms with Crippen LogP contribution in [-0.4, -0.2) is 46.6 Å². The first-order valence-corrected chi connectivity index (χ1v) is 11.8. The number of nitrogens with zero attached hydrogens (tertiary/aromatic N) is 3. The van der Waals surface area contributed by atoms with Crippen molar-refractivity contribution in [3.63, 3.8) is 0 Å². The molecule has 5 rings (SSSR count). The van der Waals surface area contributed by atoms with Crippen molar-refractivity contribution in [2.75, 3.05) is 23.3 Å². The fourth-order valence-electron chi connectivity index (χ4n) is 4.61. The van der Waals surface area contributed by atoms with Crippen molar-refractivity contribution < 1.29 is 19.2 Å². The van der Waals surface area contributed by atoms with Gasteiger partial charge in [0.15, 0.2) is 0 Å². The maximum Gasteiger partial charge on any atom is 0.261 e. The van der Waals surface area contributed by atoms with Gasteiger partial charge in [-0.05, 0) is 48.7 Å². The Balaban J connectivity index is 1.26. The van der Waals surface area contributed by atoms with Crippen molar-refractivity contribution in [1.29, 1.82) is 0 Å². The first-order chi connectivity index (χ1) is 17.4. The number of anilines is 2. The maximum atomic E-state index is 12.9. The van der Waals surface area contributed by atoms with E-state index >= 15 is 0 Å². The number of amides is 4. The topological polar surface area (TPSA) is 126 Å². The molecule has 182 valence electrons. The highest BCUT2D eigenvalue weighted by molar-refractivity contribution is 6.22. The summed E-state index contributed by atoms with van der Waals surface area (Å²) >= 11 is 0. The lowest BCUT2D eigenvalue weighted by atomic mass is 9.97. The second-order valence-corrected chi connectivity index (χ2v) is 8.99. The Morgan fingerprint density at radius 1 is 1.00 bits per heavy atom. The molecule has 1 atom stereocenters. The molecule has 1 saturated heterocycles. The predicted molar refractivity (Wildman–Crippen MR) is 133 cm³/mol. The molecule has 9 nitrogen and oxygen atoms in total. The highest BCUT2D eigenvalue weighted by Crippen LogP contribution is 2.27. The molecule has 2 aromatic carbocycles. The lowest BCUT2D eigenvalue weighted by molar-refractivity contribution is -0.122. The molecule has 0 aliphatic carbocycles. The number of carbonyl (C=O) groups is 4. The first-order valence-electron chi connectivity index (χ1n) is 11.8. The Kier molecular flexibility index (Phi) is 6.20. The normalized spacial score (nSPS) is 17.2. The van der Waals surface area contributed by atoms with Crippen molar-refractivity contribution in [2.45, 2.75) is 19.4 Å². The van der Waals surface area contributed by atoms with E-state index in [0.717, 1.165) is 24.9 Å². The molecule has 2 aliphatic rings. The van der Waals surface area contributed by atoms with Crippen molar-refractivity contribution in [3.8, 4) is 0 Å². The Morgan fingerprint density at radius 3 is 2.50 bits per heavy atom. The van der Waals surface area contributed by atoms with Gasteiger partial charge in [-0.15, -0.1) is 0 Å². The number of imide groups is 1. The van der Waals surface area contributed by atoms with Gasteiger partial charge in [0.2, 0.25) is 5.91 Å². The van der Waals surface area contributed by atoms with Gasteiger partial charge in [-0.25, -0.2) is 4.98 Å². The number of carbonyl (C=O) groups excluding carboxylic acids is 4. The van der Waals surface area contributed by atoms with E-state index in [1.165, 1.54) is 23.1 Å². The van der Waals surface area contributed by atoms with Gasteiger partial charge in [-0.2, -0.15) is 0 Å². The monoisotopic (exact) mass is 483 g/mol. The second-order valence-electron chi connectivity index (χ2n) is 8.99. The largest absolute Gasteiger partial charge is 0.369 e. The van der Waals surface area contributed by atoms with Crippen LogP contribution in [0.15, 0.2) is 66.9 Å². The van der Waals surface area contributed by atoms with E-state index in [4.69, 9.17) is 5.73 Å². The highest BCUT2D eigenvalue weighted by Gasteiger charge is 2.36. The highest BCUT2D eigenvalue weighted by atomic mass is 16.2. The molecule has 1 fully saturated rings. The third-order valence-corrected chi connectivity index (χ3v) is 6.57. The fraction of sp³-hybridized carbons (Fsp3) is 0.222. The summed E-state index contributed by atoms with van der Waals surface area (Å²) < 4.78 is 0. The van der Waals surface area contributed by atoms with Crippen LogP contribution >= 0.6 is 0 Å². The Bertz CT molecular complexity index is 1340. The van der Waals surface area contributed by atoms with E-state index in [1.54, 1.807) is 18.3 Å². The molecule has 0 saturated carbocycles. The van der Waals surface area contributed by atoms with E-state index in [2.05, 4.69) is 10.3 Å². The van der Waals surface area contributed by atoms with Crippen molar-refractivity contribution in [1.82, 2.24) is 9.88 Å². The molecule has 0 radical (unpaired) electrons. The average Bonchev–Trinajstić information content (AvgIpc) is 3.14. The van der Waals surface area contributed by atoms with Crippen molar-refractivity contribution in [3.05, 3.63) is 89.1 Å². The summed E-state index contributed by atoms with van der Waals surface area (Å²) in [5, 5.41) is 2.78. The van der Waals surface area contributed by atoms with Gasteiger partial charge in [0.25, 0.3) is 17.7 Å². The van der Waals surface area contributed by atoms with Crippen LogP contribution in [0.4, 0.5) is 11.5 Å². The van der Waals surface area contributed by atoms with E-state index in [9.17, 15) is 19.2 Å². The van der Waals surface area contributed by atoms with Crippen LogP contribution in [0.3, 0.4) is 0 Å². The summed E-state index contributed by atoms with van der Waals surface area (Å²) in [5.74, 6) is -1.00. The molecule has 36 heavy (non-hydrogen) atoms. The Morgan fingerprint density at radius 2 is 1.78 bits per heavy atom. The van der Waals surface area contributed by atoms with E-state index in [0.29, 0.717) is 18.1 Å². The minimum atomic E-state index is -0.421. The van der Waals surface area contributed by atoms with Crippen molar-refractivity contribution >= 4 is 35.1 Å². The van der Waals surface area contributed by atoms with Crippen LogP contribution in [0.25, 0.3) is 0 Å². The number of piperidine rings is 1. The van der Waals surface area contributed by atoms with Crippen LogP contribution in [0.5, 0.6) is 0 Å². The summed E-state index contributed by atoms with van der Waals surface area (Å²) in [5.41, 5.74) is 7.55. The number of hydrogen-bond acceptors (Lipinski definition) is 6. The molecule has 1 unspecified atom stereocenters. The number of nitrogens with one attached hydrogen (secondary N) is 1. The number of benzene rings is 2. The van der Waals surface area contributed by atoms with Crippen LogP contribution in [0, 0.1) is 5.92 Å². The zero-order valence-electron chi connectivity index (χ0n) is 19.5. The molecule has 4 amide bonds. The summed E-state index contributed by atoms with van der Waals surface area (Å²) in [7, 11) is 0. The lowest BCUT2D eigenvalue weighted by Gasteiger charge is -2.32. The standard InChI is InChI=1S/C27H25N5O4/c28-24(33)19-7-4-12-31(16-19)23-11-9-20(14-29-23)30-25(34)18-8-10-21-22(13-18)27(36)32(26(21)35)15-17-5-2-1-3-6-17/h1-3,5-6,8-11,13-14,19H,4,7,12,15-16H2,(H2,28,33)(H,30,34). The summed E-state index contributed by atoms with van der Waals surface area (Å²) in [6.45, 7) is 1.48. The number of hydrogen-bond donors (Lipinski definition) is 2. The van der Waals surface area contributed by atoms with Crippen LogP contribution in [0.2, 0.25) is 0 Å². The average molecular weight is 484 g/mol. The third kappa shape index (κ3) is 4.55. The first kappa shape index (κ1) is 23.2. The SMILES string of the molecule is NC(=O)C1CCCN(c2ccc(NC(=O)c3ccc4c(c3)C(=O)N(Cc3ccccc3)C4=O)cn2)C1. The van der Waals surface area contributed by atoms with Gasteiger partial charge >= 0.3 is 0 Å². The third-order valence-electron chi connectivity index (χ3n) is 6.57. The van der Waals surface area contributed by atoms with Gasteiger partial charge in [-0.1, -0.05) is 30.3 Å². The molecular weight excluding hydrogens is 458 g/mol. The summed E-state index contributed by atoms with van der Waals surface area (Å²) in [6, 6.07) is 17.3. The predicted octanol–water partition coefficient (Wildman–Crippen LogP) is 2.83. The smallest absolute Gasteiger partial charge is 0.261 e. The zero-order chi connectivity index (χ0) is 25.2. The van der Waals surface area contributed by atoms with E-state index < -0.39 is 11.8 Å². The van der Waals surface area contributed by atoms with E-state index in [-0.39, 0.29) is 41.0 Å². The maximum absolute atomic E-state index is 12.9. The molecule has 9 heteroatoms. The zero-order valence-corrected chi connectivity index (χ0v) is 19.5. The summed E-state index contributed by atoms with van der Waals surface area (Å²) in [4.78, 5) is 57.7. The van der Waals surface area contributed by atoms with Gasteiger partial charge in [-0.3, -0.25) is 24.1 Å². The molecule has 2 aliphatic heterocycles. The van der Waals surface area contributed by atoms with E-state index in [1.807, 2.05) is 35.2 Å². The van der Waals surface area contributed by atoms with Crippen LogP contribution < -0.4 is 16.0 Å². The Labute approximate surface area is 207 Å². The molecule has 0 spiro atoms. The number of rotatable bonds is 6. The fourth-order valence-corrected chi connectivity index (χ4v) is 4.61. The summed E-state index contributed by atoms with van der Waals surface area (Å²) in [6.07, 6.45) is 3.18. The molecule has 3 N–H and O–H groups in total. The van der Waals surface area contributed by atoms with Gasteiger partial charge in [0.05, 0.1) is 35.5 Å². The van der Waals surface area contributed by atoms with Crippen molar-refractivity contribution in [2.24, 2.45) is 11.7 Å². The number of primary amides is 1. The second kappa shape index (κ2) is 9.61.